The van der Waals surface area contributed by atoms with Gasteiger partial charge in [0.2, 0.25) is 0 Å². The molecule has 2 aromatic rings. The molecule has 2 aromatic carbocycles. The average molecular weight is 306 g/mol. The molecule has 0 atom stereocenters. The first-order chi connectivity index (χ1) is 11.4. The predicted octanol–water partition coefficient (Wildman–Crippen LogP) is 4.05. The molecular formula is C20H22N2O. The molecule has 0 aliphatic carbocycles. The number of aliphatic imine (C=N–C) groups is 1. The van der Waals surface area contributed by atoms with E-state index in [-0.39, 0.29) is 5.41 Å². The number of amidine groups is 1. The summed E-state index contributed by atoms with van der Waals surface area (Å²) in [4.78, 5) is 4.98. The molecule has 0 amide bonds. The Morgan fingerprint density at radius 2 is 1.70 bits per heavy atom. The summed E-state index contributed by atoms with van der Waals surface area (Å²) >= 11 is 0. The number of hydrogen-bond donors (Lipinski definition) is 1. The molecule has 1 fully saturated rings. The maximum Gasteiger partial charge on any atom is 0.108 e. The molecule has 0 bridgehead atoms. The molecule has 2 aliphatic heterocycles. The number of para-hydroxylation sites is 1. The van der Waals surface area contributed by atoms with Gasteiger partial charge in [0.1, 0.15) is 5.84 Å². The van der Waals surface area contributed by atoms with Crippen LogP contribution in [0.2, 0.25) is 0 Å². The summed E-state index contributed by atoms with van der Waals surface area (Å²) < 4.78 is 5.61. The molecular weight excluding hydrogens is 284 g/mol. The van der Waals surface area contributed by atoms with E-state index in [9.17, 15) is 0 Å². The summed E-state index contributed by atoms with van der Waals surface area (Å²) in [5, 5.41) is 3.62. The fourth-order valence-electron chi connectivity index (χ4n) is 3.64. The lowest BCUT2D eigenvalue weighted by Crippen LogP contribution is -2.45. The topological polar surface area (TPSA) is 33.6 Å². The van der Waals surface area contributed by atoms with Crippen LogP contribution in [0, 0.1) is 5.41 Å². The third-order valence-corrected chi connectivity index (χ3v) is 5.01. The largest absolute Gasteiger partial charge is 0.381 e. The fourth-order valence-corrected chi connectivity index (χ4v) is 3.64. The molecule has 2 aliphatic rings. The Morgan fingerprint density at radius 1 is 0.957 bits per heavy atom. The van der Waals surface area contributed by atoms with Crippen LogP contribution in [0.25, 0.3) is 0 Å². The van der Waals surface area contributed by atoms with E-state index in [0.717, 1.165) is 44.9 Å². The lowest BCUT2D eigenvalue weighted by atomic mass is 9.71. The van der Waals surface area contributed by atoms with E-state index in [2.05, 4.69) is 53.8 Å². The minimum Gasteiger partial charge on any atom is -0.381 e. The summed E-state index contributed by atoms with van der Waals surface area (Å²) in [6, 6.07) is 19.1. The third-order valence-electron chi connectivity index (χ3n) is 5.01. The molecule has 1 saturated heterocycles. The Hall–Kier alpha value is -2.13. The van der Waals surface area contributed by atoms with Crippen LogP contribution in [-0.4, -0.2) is 19.0 Å². The number of hydrogen-bond acceptors (Lipinski definition) is 2. The number of fused-ring (bicyclic) bond motifs is 1. The number of nitrogens with zero attached hydrogens (tertiary/aromatic N) is 1. The van der Waals surface area contributed by atoms with Crippen LogP contribution in [0.1, 0.15) is 24.0 Å². The molecule has 1 spiro atoms. The van der Waals surface area contributed by atoms with E-state index >= 15 is 0 Å². The second-order valence-electron chi connectivity index (χ2n) is 6.50. The van der Waals surface area contributed by atoms with Crippen molar-refractivity contribution in [3.05, 3.63) is 65.7 Å². The van der Waals surface area contributed by atoms with Gasteiger partial charge in [-0.3, -0.25) is 4.99 Å². The molecule has 4 rings (SSSR count). The van der Waals surface area contributed by atoms with Crippen molar-refractivity contribution in [2.45, 2.75) is 25.8 Å². The summed E-state index contributed by atoms with van der Waals surface area (Å²) in [6.45, 7) is 2.39. The van der Waals surface area contributed by atoms with E-state index in [0.29, 0.717) is 0 Å². The summed E-state index contributed by atoms with van der Waals surface area (Å²) in [7, 11) is 0. The van der Waals surface area contributed by atoms with Crippen LogP contribution < -0.4 is 5.32 Å². The molecule has 0 saturated carbocycles. The first kappa shape index (κ1) is 14.5. The van der Waals surface area contributed by atoms with Crippen LogP contribution >= 0.6 is 0 Å². The van der Waals surface area contributed by atoms with Gasteiger partial charge in [-0.15, -0.1) is 0 Å². The number of ether oxygens (including phenoxy) is 1. The van der Waals surface area contributed by atoms with Crippen molar-refractivity contribution in [2.75, 3.05) is 18.5 Å². The van der Waals surface area contributed by atoms with E-state index in [1.807, 2.05) is 6.07 Å². The Morgan fingerprint density at radius 3 is 2.52 bits per heavy atom. The van der Waals surface area contributed by atoms with Crippen LogP contribution in [0.5, 0.6) is 0 Å². The van der Waals surface area contributed by atoms with E-state index < -0.39 is 0 Å². The van der Waals surface area contributed by atoms with Crippen molar-refractivity contribution in [1.29, 1.82) is 0 Å². The Labute approximate surface area is 137 Å². The molecule has 3 heteroatoms. The van der Waals surface area contributed by atoms with Gasteiger partial charge in [-0.1, -0.05) is 48.5 Å². The van der Waals surface area contributed by atoms with Gasteiger partial charge in [-0.05, 0) is 36.5 Å². The van der Waals surface area contributed by atoms with Crippen molar-refractivity contribution in [2.24, 2.45) is 10.4 Å². The maximum atomic E-state index is 5.61. The minimum absolute atomic E-state index is 0.112. The highest BCUT2D eigenvalue weighted by Crippen LogP contribution is 2.41. The summed E-state index contributed by atoms with van der Waals surface area (Å²) in [5.41, 5.74) is 3.97. The standard InChI is InChI=1S/C20H22N2O/c1-2-6-16(7-3-1)15-21-19-20(10-12-23-13-11-20)14-17-8-4-5-9-18(17)22-19/h1-9H,10-15H2,(H,21,22). The smallest absolute Gasteiger partial charge is 0.108 e. The molecule has 2 heterocycles. The van der Waals surface area contributed by atoms with Crippen LogP contribution in [-0.2, 0) is 17.7 Å². The summed E-state index contributed by atoms with van der Waals surface area (Å²) in [5.74, 6) is 1.14. The zero-order chi connectivity index (χ0) is 15.5. The van der Waals surface area contributed by atoms with Crippen LogP contribution in [0.3, 0.4) is 0 Å². The van der Waals surface area contributed by atoms with E-state index in [1.165, 1.54) is 16.8 Å². The third kappa shape index (κ3) is 2.89. The average Bonchev–Trinajstić information content (AvgIpc) is 2.61. The van der Waals surface area contributed by atoms with Crippen molar-refractivity contribution < 1.29 is 4.74 Å². The number of rotatable bonds is 2. The van der Waals surface area contributed by atoms with Crippen molar-refractivity contribution in [3.63, 3.8) is 0 Å². The molecule has 3 nitrogen and oxygen atoms in total. The fraction of sp³-hybridized carbons (Fsp3) is 0.350. The first-order valence-corrected chi connectivity index (χ1v) is 8.37. The van der Waals surface area contributed by atoms with E-state index in [4.69, 9.17) is 9.73 Å². The highest BCUT2D eigenvalue weighted by atomic mass is 16.5. The molecule has 0 radical (unpaired) electrons. The quantitative estimate of drug-likeness (QED) is 0.908. The first-order valence-electron chi connectivity index (χ1n) is 8.37. The lowest BCUT2D eigenvalue weighted by molar-refractivity contribution is 0.0448. The molecule has 1 N–H and O–H groups in total. The SMILES string of the molecule is c1ccc(CN=C2Nc3ccccc3CC23CCOCC3)cc1. The maximum absolute atomic E-state index is 5.61. The predicted molar refractivity (Wildman–Crippen MR) is 93.8 cm³/mol. The highest BCUT2D eigenvalue weighted by molar-refractivity contribution is 6.02. The zero-order valence-electron chi connectivity index (χ0n) is 13.3. The Kier molecular flexibility index (Phi) is 3.88. The van der Waals surface area contributed by atoms with Gasteiger partial charge in [-0.25, -0.2) is 0 Å². The van der Waals surface area contributed by atoms with Gasteiger partial charge in [0.25, 0.3) is 0 Å². The number of benzene rings is 2. The van der Waals surface area contributed by atoms with Gasteiger partial charge in [0.05, 0.1) is 6.54 Å². The molecule has 0 unspecified atom stereocenters. The van der Waals surface area contributed by atoms with Gasteiger partial charge in [-0.2, -0.15) is 0 Å². The van der Waals surface area contributed by atoms with Crippen molar-refractivity contribution >= 4 is 11.5 Å². The van der Waals surface area contributed by atoms with Gasteiger partial charge in [0.15, 0.2) is 0 Å². The van der Waals surface area contributed by atoms with Crippen LogP contribution in [0.4, 0.5) is 5.69 Å². The molecule has 0 aromatic heterocycles. The van der Waals surface area contributed by atoms with Gasteiger partial charge >= 0.3 is 0 Å². The van der Waals surface area contributed by atoms with Gasteiger partial charge in [0, 0.05) is 24.3 Å². The highest BCUT2D eigenvalue weighted by Gasteiger charge is 2.41. The number of anilines is 1. The number of nitrogens with one attached hydrogen (secondary N) is 1. The zero-order valence-corrected chi connectivity index (χ0v) is 13.3. The minimum atomic E-state index is 0.112. The Balaban J connectivity index is 1.67. The van der Waals surface area contributed by atoms with Crippen molar-refractivity contribution in [1.82, 2.24) is 0 Å². The van der Waals surface area contributed by atoms with E-state index in [1.54, 1.807) is 0 Å². The monoisotopic (exact) mass is 306 g/mol. The van der Waals surface area contributed by atoms with Crippen molar-refractivity contribution in [3.8, 4) is 0 Å². The lowest BCUT2D eigenvalue weighted by Gasteiger charge is -2.42. The summed E-state index contributed by atoms with van der Waals surface area (Å²) in [6.07, 6.45) is 3.15. The van der Waals surface area contributed by atoms with Gasteiger partial charge < -0.3 is 10.1 Å². The second-order valence-corrected chi connectivity index (χ2v) is 6.50. The normalized spacial score (nSPS) is 21.0. The Bertz CT molecular complexity index is 703. The van der Waals surface area contributed by atoms with Crippen LogP contribution in [0.15, 0.2) is 59.6 Å². The molecule has 23 heavy (non-hydrogen) atoms. The second kappa shape index (κ2) is 6.17. The molecule has 118 valence electrons.